The highest BCUT2D eigenvalue weighted by Gasteiger charge is 2.31. The number of anilines is 1. The number of carbonyl (C=O) groups excluding carboxylic acids is 1. The highest BCUT2D eigenvalue weighted by molar-refractivity contribution is 6.09. The van der Waals surface area contributed by atoms with Crippen molar-refractivity contribution >= 4 is 33.5 Å². The van der Waals surface area contributed by atoms with Crippen LogP contribution >= 0.6 is 0 Å². The van der Waals surface area contributed by atoms with Gasteiger partial charge < -0.3 is 24.3 Å². The van der Waals surface area contributed by atoms with Crippen LogP contribution in [-0.2, 0) is 4.79 Å². The van der Waals surface area contributed by atoms with Gasteiger partial charge in [0.25, 0.3) is 0 Å². The Morgan fingerprint density at radius 2 is 1.76 bits per heavy atom. The molecule has 216 valence electrons. The third kappa shape index (κ3) is 6.34. The van der Waals surface area contributed by atoms with E-state index in [1.165, 1.54) is 24.3 Å². The number of alkyl halides is 3. The van der Waals surface area contributed by atoms with E-state index in [-0.39, 0.29) is 17.6 Å². The summed E-state index contributed by atoms with van der Waals surface area (Å²) in [4.78, 5) is 29.7. The van der Waals surface area contributed by atoms with Gasteiger partial charge in [-0.25, -0.2) is 4.98 Å². The van der Waals surface area contributed by atoms with Gasteiger partial charge in [-0.3, -0.25) is 9.78 Å². The zero-order chi connectivity index (χ0) is 28.4. The highest BCUT2D eigenvalue weighted by atomic mass is 19.4. The lowest BCUT2D eigenvalue weighted by molar-refractivity contribution is -0.274. The van der Waals surface area contributed by atoms with Crippen molar-refractivity contribution in [3.05, 3.63) is 55.0 Å². The van der Waals surface area contributed by atoms with Gasteiger partial charge in [-0.2, -0.15) is 0 Å². The number of fused-ring (bicyclic) bond motifs is 3. The fourth-order valence-corrected chi connectivity index (χ4v) is 6.03. The SMILES string of the molecule is O=C(CC1CCN(c2ccnc3cnc4[nH]ccc4c23)CC1)N1CCCC(COc2ccc(OC(F)(F)F)cc2)C1. The van der Waals surface area contributed by atoms with Crippen LogP contribution in [0.4, 0.5) is 18.9 Å². The molecule has 11 heteroatoms. The largest absolute Gasteiger partial charge is 0.573 e. The predicted molar refractivity (Wildman–Crippen MR) is 149 cm³/mol. The van der Waals surface area contributed by atoms with E-state index in [2.05, 4.69) is 30.7 Å². The number of pyridine rings is 2. The zero-order valence-corrected chi connectivity index (χ0v) is 22.6. The molecule has 1 atom stereocenters. The summed E-state index contributed by atoms with van der Waals surface area (Å²) in [5.41, 5.74) is 2.89. The predicted octanol–water partition coefficient (Wildman–Crippen LogP) is 5.93. The molecule has 5 heterocycles. The molecular weight excluding hydrogens is 535 g/mol. The molecule has 1 unspecified atom stereocenters. The lowest BCUT2D eigenvalue weighted by Crippen LogP contribution is -2.43. The molecule has 3 aromatic heterocycles. The number of ether oxygens (including phenoxy) is 2. The summed E-state index contributed by atoms with van der Waals surface area (Å²) in [6.45, 7) is 3.56. The van der Waals surface area contributed by atoms with Gasteiger partial charge in [0, 0.05) is 67.4 Å². The summed E-state index contributed by atoms with van der Waals surface area (Å²) in [7, 11) is 0. The van der Waals surface area contributed by atoms with Crippen LogP contribution < -0.4 is 14.4 Å². The van der Waals surface area contributed by atoms with Crippen LogP contribution in [-0.4, -0.2) is 64.9 Å². The summed E-state index contributed by atoms with van der Waals surface area (Å²) in [6.07, 6.45) is 5.12. The van der Waals surface area contributed by atoms with E-state index in [0.717, 1.165) is 72.9 Å². The number of carbonyl (C=O) groups is 1. The summed E-state index contributed by atoms with van der Waals surface area (Å²) >= 11 is 0. The maximum atomic E-state index is 13.2. The molecule has 0 saturated carbocycles. The van der Waals surface area contributed by atoms with Crippen molar-refractivity contribution < 1.29 is 27.4 Å². The number of likely N-dealkylation sites (tertiary alicyclic amines) is 1. The van der Waals surface area contributed by atoms with E-state index < -0.39 is 6.36 Å². The molecule has 1 aromatic carbocycles. The number of aromatic nitrogens is 3. The number of nitrogens with zero attached hydrogens (tertiary/aromatic N) is 4. The first-order valence-electron chi connectivity index (χ1n) is 14.0. The van der Waals surface area contributed by atoms with Crippen molar-refractivity contribution in [1.82, 2.24) is 19.9 Å². The number of piperidine rings is 2. The topological polar surface area (TPSA) is 83.6 Å². The molecule has 6 rings (SSSR count). The third-order valence-corrected chi connectivity index (χ3v) is 8.10. The van der Waals surface area contributed by atoms with Gasteiger partial charge in [0.2, 0.25) is 5.91 Å². The monoisotopic (exact) mass is 567 g/mol. The minimum atomic E-state index is -4.72. The van der Waals surface area contributed by atoms with Crippen LogP contribution in [0.1, 0.15) is 32.1 Å². The maximum absolute atomic E-state index is 13.2. The maximum Gasteiger partial charge on any atom is 0.573 e. The van der Waals surface area contributed by atoms with Crippen molar-refractivity contribution in [2.24, 2.45) is 11.8 Å². The Kier molecular flexibility index (Phi) is 7.59. The van der Waals surface area contributed by atoms with Crippen LogP contribution in [0, 0.1) is 11.8 Å². The smallest absolute Gasteiger partial charge is 0.493 e. The van der Waals surface area contributed by atoms with Crippen LogP contribution in [0.15, 0.2) is 55.0 Å². The minimum absolute atomic E-state index is 0.181. The molecule has 2 fully saturated rings. The van der Waals surface area contributed by atoms with E-state index in [0.29, 0.717) is 31.2 Å². The van der Waals surface area contributed by atoms with Crippen LogP contribution in [0.25, 0.3) is 21.9 Å². The number of H-pyrrole nitrogens is 1. The second kappa shape index (κ2) is 11.5. The second-order valence-corrected chi connectivity index (χ2v) is 10.9. The first kappa shape index (κ1) is 27.2. The first-order chi connectivity index (χ1) is 19.8. The van der Waals surface area contributed by atoms with Gasteiger partial charge in [-0.15, -0.1) is 13.2 Å². The lowest BCUT2D eigenvalue weighted by atomic mass is 9.91. The average molecular weight is 568 g/mol. The first-order valence-corrected chi connectivity index (χ1v) is 14.0. The fourth-order valence-electron chi connectivity index (χ4n) is 6.03. The normalized spacial score (nSPS) is 18.7. The summed E-state index contributed by atoms with van der Waals surface area (Å²) < 4.78 is 46.8. The Labute approximate surface area is 235 Å². The van der Waals surface area contributed by atoms with Crippen LogP contribution in [0.3, 0.4) is 0 Å². The van der Waals surface area contributed by atoms with Crippen LogP contribution in [0.5, 0.6) is 11.5 Å². The van der Waals surface area contributed by atoms with E-state index in [4.69, 9.17) is 4.74 Å². The average Bonchev–Trinajstić information content (AvgIpc) is 3.46. The Morgan fingerprint density at radius 3 is 2.54 bits per heavy atom. The third-order valence-electron chi connectivity index (χ3n) is 8.10. The number of hydrogen-bond donors (Lipinski definition) is 1. The molecule has 2 aliphatic heterocycles. The fraction of sp³-hybridized carbons (Fsp3) is 0.433. The number of hydrogen-bond acceptors (Lipinski definition) is 6. The lowest BCUT2D eigenvalue weighted by Gasteiger charge is -2.36. The quantitative estimate of drug-likeness (QED) is 0.298. The second-order valence-electron chi connectivity index (χ2n) is 10.9. The van der Waals surface area contributed by atoms with Gasteiger partial charge >= 0.3 is 6.36 Å². The van der Waals surface area contributed by atoms with Crippen molar-refractivity contribution in [1.29, 1.82) is 0 Å². The Hall–Kier alpha value is -4.02. The van der Waals surface area contributed by atoms with Gasteiger partial charge in [0.15, 0.2) is 0 Å². The molecule has 1 N–H and O–H groups in total. The molecule has 0 radical (unpaired) electrons. The zero-order valence-electron chi connectivity index (χ0n) is 22.6. The number of amides is 1. The molecule has 2 aliphatic rings. The summed E-state index contributed by atoms with van der Waals surface area (Å²) in [5, 5.41) is 2.18. The van der Waals surface area contributed by atoms with E-state index in [1.807, 2.05) is 29.6 Å². The number of nitrogens with one attached hydrogen (secondary N) is 1. The highest BCUT2D eigenvalue weighted by Crippen LogP contribution is 2.34. The van der Waals surface area contributed by atoms with E-state index in [9.17, 15) is 18.0 Å². The standard InChI is InChI=1S/C30H32F3N5O3/c31-30(32,33)41-23-5-3-22(4-6-23)40-19-21-2-1-13-38(18-21)27(39)16-20-9-14-37(15-10-20)26-8-12-34-25-17-36-29-24(28(25)26)7-11-35-29/h3-8,11-12,17,20-21H,1-2,9-10,13-16,18-19H2,(H,35,36). The Balaban J connectivity index is 0.996. The summed E-state index contributed by atoms with van der Waals surface area (Å²) in [6, 6.07) is 9.51. The van der Waals surface area contributed by atoms with Crippen molar-refractivity contribution in [2.45, 2.75) is 38.5 Å². The molecule has 1 amide bonds. The molecule has 0 aliphatic carbocycles. The van der Waals surface area contributed by atoms with Gasteiger partial charge in [0.05, 0.1) is 18.3 Å². The Bertz CT molecular complexity index is 1500. The van der Waals surface area contributed by atoms with Gasteiger partial charge in [0.1, 0.15) is 17.1 Å². The van der Waals surface area contributed by atoms with Crippen LogP contribution in [0.2, 0.25) is 0 Å². The van der Waals surface area contributed by atoms with E-state index >= 15 is 0 Å². The van der Waals surface area contributed by atoms with Gasteiger partial charge in [-0.1, -0.05) is 0 Å². The molecule has 41 heavy (non-hydrogen) atoms. The molecule has 2 saturated heterocycles. The minimum Gasteiger partial charge on any atom is -0.493 e. The number of rotatable bonds is 7. The summed E-state index contributed by atoms with van der Waals surface area (Å²) in [5.74, 6) is 0.909. The number of aromatic amines is 1. The molecule has 4 aromatic rings. The van der Waals surface area contributed by atoms with Crippen molar-refractivity contribution in [2.75, 3.05) is 37.7 Å². The van der Waals surface area contributed by atoms with E-state index in [1.54, 1.807) is 0 Å². The molecular formula is C30H32F3N5O3. The number of benzene rings is 1. The van der Waals surface area contributed by atoms with Crippen molar-refractivity contribution in [3.63, 3.8) is 0 Å². The molecule has 0 spiro atoms. The van der Waals surface area contributed by atoms with Crippen molar-refractivity contribution in [3.8, 4) is 11.5 Å². The molecule has 0 bridgehead atoms. The molecule has 8 nitrogen and oxygen atoms in total. The number of halogens is 3. The Morgan fingerprint density at radius 1 is 0.976 bits per heavy atom. The van der Waals surface area contributed by atoms with Gasteiger partial charge in [-0.05, 0) is 68.0 Å².